The molecule has 2 heterocycles. The fourth-order valence-corrected chi connectivity index (χ4v) is 2.21. The molecule has 0 radical (unpaired) electrons. The highest BCUT2D eigenvalue weighted by atomic mass is 16.2. The van der Waals surface area contributed by atoms with Crippen LogP contribution in [0.2, 0.25) is 0 Å². The third kappa shape index (κ3) is 3.17. The number of carbonyl (C=O) groups excluding carboxylic acids is 1. The van der Waals surface area contributed by atoms with Crippen LogP contribution >= 0.6 is 0 Å². The molecule has 0 aliphatic rings. The molecule has 0 saturated carbocycles. The lowest BCUT2D eigenvalue weighted by molar-refractivity contribution is -0.123. The Morgan fingerprint density at radius 1 is 1.33 bits per heavy atom. The van der Waals surface area contributed by atoms with E-state index in [1.807, 2.05) is 54.5 Å². The number of aryl methyl sites for hydroxylation is 1. The Labute approximate surface area is 126 Å². The standard InChI is InChI=1S/C16H24N4O/c1-12(2)11-20-14(13(3)10-17-20)18-15(21)16(4,5)19-8-6-7-9-19/h6-10,12H,11H2,1-5H3,(H,18,21). The molecule has 0 aromatic carbocycles. The van der Waals surface area contributed by atoms with Crippen molar-refractivity contribution in [2.24, 2.45) is 5.92 Å². The number of nitrogens with zero attached hydrogens (tertiary/aromatic N) is 3. The van der Waals surface area contributed by atoms with Gasteiger partial charge < -0.3 is 9.88 Å². The fourth-order valence-electron chi connectivity index (χ4n) is 2.21. The van der Waals surface area contributed by atoms with Crippen molar-refractivity contribution in [1.82, 2.24) is 14.3 Å². The number of carbonyl (C=O) groups is 1. The second-order valence-corrected chi connectivity index (χ2v) is 6.36. The molecule has 114 valence electrons. The number of hydrogen-bond acceptors (Lipinski definition) is 2. The van der Waals surface area contributed by atoms with Gasteiger partial charge in [-0.25, -0.2) is 4.68 Å². The van der Waals surface area contributed by atoms with E-state index in [0.717, 1.165) is 17.9 Å². The molecule has 5 nitrogen and oxygen atoms in total. The van der Waals surface area contributed by atoms with E-state index < -0.39 is 5.54 Å². The topological polar surface area (TPSA) is 51.9 Å². The van der Waals surface area contributed by atoms with Gasteiger partial charge in [0, 0.05) is 24.5 Å². The molecule has 0 aliphatic carbocycles. The van der Waals surface area contributed by atoms with Gasteiger partial charge in [-0.15, -0.1) is 0 Å². The molecule has 21 heavy (non-hydrogen) atoms. The van der Waals surface area contributed by atoms with E-state index in [1.165, 1.54) is 0 Å². The first kappa shape index (κ1) is 15.4. The molecule has 0 fully saturated rings. The van der Waals surface area contributed by atoms with Crippen LogP contribution in [0.4, 0.5) is 5.82 Å². The van der Waals surface area contributed by atoms with Crippen LogP contribution in [0.5, 0.6) is 0 Å². The van der Waals surface area contributed by atoms with Gasteiger partial charge in [0.05, 0.1) is 6.20 Å². The predicted octanol–water partition coefficient (Wildman–Crippen LogP) is 3.02. The Morgan fingerprint density at radius 3 is 2.52 bits per heavy atom. The Balaban J connectivity index is 2.22. The minimum atomic E-state index is -0.650. The number of hydrogen-bond donors (Lipinski definition) is 1. The summed E-state index contributed by atoms with van der Waals surface area (Å²) in [5, 5.41) is 7.38. The van der Waals surface area contributed by atoms with E-state index in [4.69, 9.17) is 0 Å². The molecule has 5 heteroatoms. The maximum absolute atomic E-state index is 12.6. The lowest BCUT2D eigenvalue weighted by Crippen LogP contribution is -2.40. The van der Waals surface area contributed by atoms with Crippen LogP contribution in [0.15, 0.2) is 30.7 Å². The largest absolute Gasteiger partial charge is 0.340 e. The number of aromatic nitrogens is 3. The van der Waals surface area contributed by atoms with Crippen molar-refractivity contribution in [3.05, 3.63) is 36.3 Å². The van der Waals surface area contributed by atoms with Gasteiger partial charge in [-0.2, -0.15) is 5.10 Å². The zero-order valence-corrected chi connectivity index (χ0v) is 13.4. The predicted molar refractivity (Wildman–Crippen MR) is 84.2 cm³/mol. The van der Waals surface area contributed by atoms with Gasteiger partial charge in [-0.3, -0.25) is 4.79 Å². The first-order valence-electron chi connectivity index (χ1n) is 7.29. The van der Waals surface area contributed by atoms with Gasteiger partial charge in [0.25, 0.3) is 5.91 Å². The molecule has 0 bridgehead atoms. The smallest absolute Gasteiger partial charge is 0.251 e. The summed E-state index contributed by atoms with van der Waals surface area (Å²) in [6, 6.07) is 3.84. The number of rotatable bonds is 5. The van der Waals surface area contributed by atoms with Crippen LogP contribution in [0.1, 0.15) is 33.3 Å². The van der Waals surface area contributed by atoms with E-state index >= 15 is 0 Å². The highest BCUT2D eigenvalue weighted by Gasteiger charge is 2.30. The molecule has 1 N–H and O–H groups in total. The Kier molecular flexibility index (Phi) is 4.21. The summed E-state index contributed by atoms with van der Waals surface area (Å²) >= 11 is 0. The van der Waals surface area contributed by atoms with Crippen LogP contribution in [0, 0.1) is 12.8 Å². The second-order valence-electron chi connectivity index (χ2n) is 6.36. The molecule has 2 rings (SSSR count). The van der Waals surface area contributed by atoms with Crippen molar-refractivity contribution in [3.8, 4) is 0 Å². The second kappa shape index (κ2) is 5.76. The van der Waals surface area contributed by atoms with Crippen molar-refractivity contribution in [3.63, 3.8) is 0 Å². The molecule has 1 amide bonds. The molecule has 2 aromatic rings. The summed E-state index contributed by atoms with van der Waals surface area (Å²) in [5.74, 6) is 1.21. The molecular formula is C16H24N4O. The van der Waals surface area contributed by atoms with Crippen LogP contribution in [-0.2, 0) is 16.9 Å². The highest BCUT2D eigenvalue weighted by molar-refractivity contribution is 5.96. The maximum atomic E-state index is 12.6. The van der Waals surface area contributed by atoms with Gasteiger partial charge in [-0.1, -0.05) is 13.8 Å². The van der Waals surface area contributed by atoms with Crippen molar-refractivity contribution in [2.75, 3.05) is 5.32 Å². The van der Waals surface area contributed by atoms with Crippen LogP contribution in [0.25, 0.3) is 0 Å². The monoisotopic (exact) mass is 288 g/mol. The highest BCUT2D eigenvalue weighted by Crippen LogP contribution is 2.21. The summed E-state index contributed by atoms with van der Waals surface area (Å²) < 4.78 is 3.77. The van der Waals surface area contributed by atoms with Crippen LogP contribution < -0.4 is 5.32 Å². The summed E-state index contributed by atoms with van der Waals surface area (Å²) in [7, 11) is 0. The number of anilines is 1. The number of nitrogens with one attached hydrogen (secondary N) is 1. The zero-order valence-electron chi connectivity index (χ0n) is 13.4. The van der Waals surface area contributed by atoms with Gasteiger partial charge in [0.1, 0.15) is 11.4 Å². The Hall–Kier alpha value is -2.04. The minimum Gasteiger partial charge on any atom is -0.340 e. The van der Waals surface area contributed by atoms with Crippen LogP contribution in [-0.4, -0.2) is 20.3 Å². The van der Waals surface area contributed by atoms with Gasteiger partial charge in [0.15, 0.2) is 0 Å². The van der Waals surface area contributed by atoms with E-state index in [1.54, 1.807) is 6.20 Å². The molecule has 0 aliphatic heterocycles. The third-order valence-corrected chi connectivity index (χ3v) is 3.60. The SMILES string of the molecule is Cc1cnn(CC(C)C)c1NC(=O)C(C)(C)n1cccc1. The van der Waals surface area contributed by atoms with Gasteiger partial charge >= 0.3 is 0 Å². The molecular weight excluding hydrogens is 264 g/mol. The molecule has 0 saturated heterocycles. The van der Waals surface area contributed by atoms with E-state index in [0.29, 0.717) is 5.92 Å². The molecule has 2 aromatic heterocycles. The minimum absolute atomic E-state index is 0.0488. The van der Waals surface area contributed by atoms with E-state index in [9.17, 15) is 4.79 Å². The van der Waals surface area contributed by atoms with Crippen molar-refractivity contribution >= 4 is 11.7 Å². The van der Waals surface area contributed by atoms with Crippen molar-refractivity contribution in [1.29, 1.82) is 0 Å². The molecule has 0 unspecified atom stereocenters. The van der Waals surface area contributed by atoms with E-state index in [2.05, 4.69) is 24.3 Å². The molecule has 0 spiro atoms. The maximum Gasteiger partial charge on any atom is 0.251 e. The fraction of sp³-hybridized carbons (Fsp3) is 0.500. The van der Waals surface area contributed by atoms with Gasteiger partial charge in [0.2, 0.25) is 0 Å². The molecule has 0 atom stereocenters. The third-order valence-electron chi connectivity index (χ3n) is 3.60. The lowest BCUT2D eigenvalue weighted by atomic mass is 10.0. The first-order chi connectivity index (χ1) is 9.82. The van der Waals surface area contributed by atoms with Crippen LogP contribution in [0.3, 0.4) is 0 Å². The zero-order chi connectivity index (χ0) is 15.6. The summed E-state index contributed by atoms with van der Waals surface area (Å²) in [5.41, 5.74) is 0.329. The number of amides is 1. The lowest BCUT2D eigenvalue weighted by Gasteiger charge is -2.26. The summed E-state index contributed by atoms with van der Waals surface area (Å²) in [6.45, 7) is 10.8. The average molecular weight is 288 g/mol. The Morgan fingerprint density at radius 2 is 1.95 bits per heavy atom. The van der Waals surface area contributed by atoms with E-state index in [-0.39, 0.29) is 5.91 Å². The summed E-state index contributed by atoms with van der Waals surface area (Å²) in [4.78, 5) is 12.6. The first-order valence-corrected chi connectivity index (χ1v) is 7.29. The Bertz CT molecular complexity index is 608. The average Bonchev–Trinajstić information content (AvgIpc) is 3.03. The normalized spacial score (nSPS) is 11.9. The summed E-state index contributed by atoms with van der Waals surface area (Å²) in [6.07, 6.45) is 5.59. The quantitative estimate of drug-likeness (QED) is 0.919. The van der Waals surface area contributed by atoms with Gasteiger partial charge in [-0.05, 0) is 38.8 Å². The van der Waals surface area contributed by atoms with Crippen molar-refractivity contribution in [2.45, 2.75) is 46.7 Å². The van der Waals surface area contributed by atoms with Crippen molar-refractivity contribution < 1.29 is 4.79 Å².